The van der Waals surface area contributed by atoms with E-state index >= 15 is 0 Å². The monoisotopic (exact) mass is 405 g/mol. The fourth-order valence-corrected chi connectivity index (χ4v) is 4.02. The number of thiocarbonyl (C=S) groups is 1. The molecule has 0 spiro atoms. The molecule has 1 aliphatic heterocycles. The lowest BCUT2D eigenvalue weighted by Crippen LogP contribution is -2.27. The maximum Gasteiger partial charge on any atom is 0.270 e. The molecular weight excluding hydrogens is 393 g/mol. The largest absolute Gasteiger partial charge is 0.270 e. The third-order valence-corrected chi connectivity index (χ3v) is 5.55. The molecule has 0 bridgehead atoms. The van der Waals surface area contributed by atoms with Crippen LogP contribution in [0.25, 0.3) is 6.08 Å². The van der Waals surface area contributed by atoms with Crippen molar-refractivity contribution in [1.29, 1.82) is 0 Å². The number of halogens is 2. The van der Waals surface area contributed by atoms with E-state index in [1.54, 1.807) is 18.2 Å². The fourth-order valence-electron chi connectivity index (χ4n) is 2.38. The van der Waals surface area contributed by atoms with Crippen molar-refractivity contribution in [3.8, 4) is 0 Å². The number of hydrogen-bond acceptors (Lipinski definition) is 3. The second-order valence-electron chi connectivity index (χ2n) is 5.41. The Kier molecular flexibility index (Phi) is 5.64. The zero-order valence-corrected chi connectivity index (χ0v) is 16.3. The Morgan fingerprint density at radius 1 is 1.12 bits per heavy atom. The van der Waals surface area contributed by atoms with E-state index in [4.69, 9.17) is 35.4 Å². The molecule has 0 atom stereocenters. The van der Waals surface area contributed by atoms with Crippen molar-refractivity contribution >= 4 is 69.2 Å². The number of allylic oxidation sites excluding steroid dienone is 2. The second kappa shape index (κ2) is 7.75. The van der Waals surface area contributed by atoms with E-state index < -0.39 is 0 Å². The molecule has 0 aliphatic carbocycles. The van der Waals surface area contributed by atoms with Crippen molar-refractivity contribution in [1.82, 2.24) is 0 Å². The van der Waals surface area contributed by atoms with Crippen molar-refractivity contribution in [3.05, 3.63) is 80.7 Å². The zero-order valence-electron chi connectivity index (χ0n) is 13.2. The Morgan fingerprint density at radius 3 is 2.52 bits per heavy atom. The molecule has 0 unspecified atom stereocenters. The van der Waals surface area contributed by atoms with Gasteiger partial charge >= 0.3 is 0 Å². The standard InChI is InChI=1S/C19H13Cl2NOS2/c1-12(9-13-5-3-2-4-6-13)10-17-18(23)22(19(24)25-17)14-7-8-15(20)16(21)11-14/h2-11H,1H3/b12-9-,17-10+. The number of carbonyl (C=O) groups is 1. The van der Waals surface area contributed by atoms with Crippen LogP contribution in [0.5, 0.6) is 0 Å². The summed E-state index contributed by atoms with van der Waals surface area (Å²) >= 11 is 18.6. The Balaban J connectivity index is 1.88. The predicted octanol–water partition coefficient (Wildman–Crippen LogP) is 6.35. The van der Waals surface area contributed by atoms with E-state index in [-0.39, 0.29) is 5.91 Å². The third-order valence-electron chi connectivity index (χ3n) is 3.51. The number of carbonyl (C=O) groups excluding carboxylic acids is 1. The second-order valence-corrected chi connectivity index (χ2v) is 7.90. The molecule has 25 heavy (non-hydrogen) atoms. The minimum Gasteiger partial charge on any atom is -0.268 e. The summed E-state index contributed by atoms with van der Waals surface area (Å²) in [6.45, 7) is 1.96. The van der Waals surface area contributed by atoms with Crippen molar-refractivity contribution in [2.75, 3.05) is 4.90 Å². The van der Waals surface area contributed by atoms with Gasteiger partial charge in [-0.3, -0.25) is 9.69 Å². The van der Waals surface area contributed by atoms with Crippen LogP contribution < -0.4 is 4.90 Å². The number of nitrogens with zero attached hydrogens (tertiary/aromatic N) is 1. The molecular formula is C19H13Cl2NOS2. The molecule has 1 saturated heterocycles. The molecule has 6 heteroatoms. The van der Waals surface area contributed by atoms with Crippen LogP contribution in [0.2, 0.25) is 10.0 Å². The molecule has 1 heterocycles. The first-order valence-corrected chi connectivity index (χ1v) is 9.40. The van der Waals surface area contributed by atoms with Gasteiger partial charge < -0.3 is 0 Å². The zero-order chi connectivity index (χ0) is 18.0. The maximum atomic E-state index is 12.7. The molecule has 0 radical (unpaired) electrons. The Hall–Kier alpha value is -1.59. The van der Waals surface area contributed by atoms with Crippen LogP contribution in [0.4, 0.5) is 5.69 Å². The number of amides is 1. The summed E-state index contributed by atoms with van der Waals surface area (Å²) in [4.78, 5) is 14.8. The van der Waals surface area contributed by atoms with Crippen LogP contribution in [0.15, 0.2) is 65.1 Å². The summed E-state index contributed by atoms with van der Waals surface area (Å²) in [5.74, 6) is -0.158. The van der Waals surface area contributed by atoms with E-state index in [2.05, 4.69) is 0 Å². The molecule has 3 rings (SSSR count). The van der Waals surface area contributed by atoms with Gasteiger partial charge in [0.1, 0.15) is 0 Å². The van der Waals surface area contributed by atoms with E-state index in [1.165, 1.54) is 16.7 Å². The average Bonchev–Trinajstić information content (AvgIpc) is 2.85. The topological polar surface area (TPSA) is 20.3 Å². The molecule has 1 amide bonds. The highest BCUT2D eigenvalue weighted by Crippen LogP contribution is 2.37. The summed E-state index contributed by atoms with van der Waals surface area (Å²) in [5.41, 5.74) is 2.67. The van der Waals surface area contributed by atoms with Crippen LogP contribution in [-0.4, -0.2) is 10.2 Å². The molecule has 0 aromatic heterocycles. The van der Waals surface area contributed by atoms with E-state index in [9.17, 15) is 4.79 Å². The molecule has 0 saturated carbocycles. The summed E-state index contributed by atoms with van der Waals surface area (Å²) in [7, 11) is 0. The summed E-state index contributed by atoms with van der Waals surface area (Å²) < 4.78 is 0.474. The van der Waals surface area contributed by atoms with Crippen LogP contribution >= 0.6 is 47.2 Å². The van der Waals surface area contributed by atoms with E-state index in [1.807, 2.05) is 49.4 Å². The molecule has 2 nitrogen and oxygen atoms in total. The van der Waals surface area contributed by atoms with Gasteiger partial charge in [0.05, 0.1) is 20.6 Å². The van der Waals surface area contributed by atoms with Gasteiger partial charge in [0.15, 0.2) is 4.32 Å². The summed E-state index contributed by atoms with van der Waals surface area (Å²) in [6, 6.07) is 15.0. The highest BCUT2D eigenvalue weighted by Gasteiger charge is 2.33. The smallest absolute Gasteiger partial charge is 0.268 e. The quantitative estimate of drug-likeness (QED) is 0.438. The minimum atomic E-state index is -0.158. The van der Waals surface area contributed by atoms with Gasteiger partial charge in [0.2, 0.25) is 0 Å². The van der Waals surface area contributed by atoms with Gasteiger partial charge in [0.25, 0.3) is 5.91 Å². The van der Waals surface area contributed by atoms with Gasteiger partial charge in [0, 0.05) is 0 Å². The lowest BCUT2D eigenvalue weighted by molar-refractivity contribution is -0.113. The number of rotatable bonds is 3. The predicted molar refractivity (Wildman–Crippen MR) is 112 cm³/mol. The van der Waals surface area contributed by atoms with Gasteiger partial charge in [-0.2, -0.15) is 0 Å². The number of benzene rings is 2. The first-order valence-electron chi connectivity index (χ1n) is 7.42. The maximum absolute atomic E-state index is 12.7. The van der Waals surface area contributed by atoms with E-state index in [0.717, 1.165) is 11.1 Å². The average molecular weight is 406 g/mol. The van der Waals surface area contributed by atoms with Gasteiger partial charge in [-0.05, 0) is 42.3 Å². The number of anilines is 1. The molecule has 0 N–H and O–H groups in total. The number of thioether (sulfide) groups is 1. The SMILES string of the molecule is CC(=C/c1ccccc1)/C=C1/SC(=S)N(c2ccc(Cl)c(Cl)c2)C1=O. The fraction of sp³-hybridized carbons (Fsp3) is 0.0526. The molecule has 1 aliphatic rings. The Bertz CT molecular complexity index is 907. The highest BCUT2D eigenvalue weighted by atomic mass is 35.5. The van der Waals surface area contributed by atoms with Crippen molar-refractivity contribution in [2.24, 2.45) is 0 Å². The summed E-state index contributed by atoms with van der Waals surface area (Å²) in [5, 5.41) is 0.824. The van der Waals surface area contributed by atoms with Gasteiger partial charge in [-0.25, -0.2) is 0 Å². The molecule has 126 valence electrons. The molecule has 2 aromatic carbocycles. The van der Waals surface area contributed by atoms with Crippen molar-refractivity contribution in [3.63, 3.8) is 0 Å². The Labute approximate surface area is 166 Å². The summed E-state index contributed by atoms with van der Waals surface area (Å²) in [6.07, 6.45) is 3.87. The van der Waals surface area contributed by atoms with Crippen LogP contribution in [0.1, 0.15) is 12.5 Å². The first-order chi connectivity index (χ1) is 12.0. The van der Waals surface area contributed by atoms with Crippen molar-refractivity contribution < 1.29 is 4.79 Å². The Morgan fingerprint density at radius 2 is 1.84 bits per heavy atom. The van der Waals surface area contributed by atoms with Crippen LogP contribution in [-0.2, 0) is 4.79 Å². The van der Waals surface area contributed by atoms with Gasteiger partial charge in [-0.1, -0.05) is 83.6 Å². The molecule has 2 aromatic rings. The van der Waals surface area contributed by atoms with E-state index in [0.29, 0.717) is 25.0 Å². The van der Waals surface area contributed by atoms with Gasteiger partial charge in [-0.15, -0.1) is 0 Å². The van der Waals surface area contributed by atoms with Crippen molar-refractivity contribution in [2.45, 2.75) is 6.92 Å². The van der Waals surface area contributed by atoms with Crippen LogP contribution in [0.3, 0.4) is 0 Å². The lowest BCUT2D eigenvalue weighted by Gasteiger charge is -2.15. The minimum absolute atomic E-state index is 0.158. The third kappa shape index (κ3) is 4.15. The molecule has 1 fully saturated rings. The number of hydrogen-bond donors (Lipinski definition) is 0. The van der Waals surface area contributed by atoms with Crippen LogP contribution in [0, 0.1) is 0 Å². The normalized spacial score (nSPS) is 16.8. The first kappa shape index (κ1) is 18.2. The highest BCUT2D eigenvalue weighted by molar-refractivity contribution is 8.27. The lowest BCUT2D eigenvalue weighted by atomic mass is 10.1.